The van der Waals surface area contributed by atoms with E-state index >= 15 is 0 Å². The lowest BCUT2D eigenvalue weighted by molar-refractivity contribution is -0.385. The van der Waals surface area contributed by atoms with Crippen LogP contribution in [0.25, 0.3) is 6.08 Å². The third-order valence-electron chi connectivity index (χ3n) is 2.07. The van der Waals surface area contributed by atoms with Crippen molar-refractivity contribution in [3.8, 4) is 0 Å². The van der Waals surface area contributed by atoms with Gasteiger partial charge in [0.15, 0.2) is 0 Å². The second-order valence-electron chi connectivity index (χ2n) is 3.34. The van der Waals surface area contributed by atoms with E-state index in [-0.39, 0.29) is 12.1 Å². The quantitative estimate of drug-likeness (QED) is 0.619. The molecular weight excluding hydrogens is 208 g/mol. The van der Waals surface area contributed by atoms with Crippen molar-refractivity contribution in [1.29, 1.82) is 0 Å². The van der Waals surface area contributed by atoms with Gasteiger partial charge in [0.25, 0.3) is 5.69 Å². The molecule has 2 N–H and O–H groups in total. The van der Waals surface area contributed by atoms with Gasteiger partial charge in [0.1, 0.15) is 0 Å². The third-order valence-corrected chi connectivity index (χ3v) is 2.07. The molecule has 0 heterocycles. The Morgan fingerprint density at radius 1 is 1.56 bits per heavy atom. The number of benzene rings is 1. The summed E-state index contributed by atoms with van der Waals surface area (Å²) in [5.41, 5.74) is 6.09. The summed E-state index contributed by atoms with van der Waals surface area (Å²) in [7, 11) is 0. The van der Waals surface area contributed by atoms with Crippen molar-refractivity contribution in [2.45, 2.75) is 13.3 Å². The number of carbonyl (C=O) groups is 1. The Hall–Kier alpha value is -2.17. The van der Waals surface area contributed by atoms with Gasteiger partial charge < -0.3 is 5.73 Å². The predicted molar refractivity (Wildman–Crippen MR) is 60.7 cm³/mol. The summed E-state index contributed by atoms with van der Waals surface area (Å²) in [6.45, 7) is 1.67. The molecule has 16 heavy (non-hydrogen) atoms. The lowest BCUT2D eigenvalue weighted by Crippen LogP contribution is -2.07. The number of primary amides is 1. The Labute approximate surface area is 92.7 Å². The van der Waals surface area contributed by atoms with E-state index in [1.54, 1.807) is 25.1 Å². The Kier molecular flexibility index (Phi) is 3.77. The van der Waals surface area contributed by atoms with Crippen LogP contribution in [0.3, 0.4) is 0 Å². The fourth-order valence-corrected chi connectivity index (χ4v) is 1.37. The minimum atomic E-state index is -0.466. The van der Waals surface area contributed by atoms with Crippen molar-refractivity contribution in [2.24, 2.45) is 5.73 Å². The van der Waals surface area contributed by atoms with E-state index < -0.39 is 10.8 Å². The standard InChI is InChI=1S/C11H12N2O3/c1-8-4-2-5-9(11(8)13(15)16)6-3-7-10(12)14/h2-6H,7H2,1H3,(H2,12,14). The molecule has 0 aliphatic heterocycles. The molecule has 0 atom stereocenters. The first-order valence-corrected chi connectivity index (χ1v) is 4.71. The Balaban J connectivity index is 3.04. The summed E-state index contributed by atoms with van der Waals surface area (Å²) >= 11 is 0. The van der Waals surface area contributed by atoms with Crippen LogP contribution in [-0.4, -0.2) is 10.8 Å². The molecule has 0 saturated heterocycles. The number of nitrogens with two attached hydrogens (primary N) is 1. The van der Waals surface area contributed by atoms with Crippen LogP contribution in [0, 0.1) is 17.0 Å². The van der Waals surface area contributed by atoms with E-state index in [0.717, 1.165) is 0 Å². The summed E-state index contributed by atoms with van der Waals surface area (Å²) in [4.78, 5) is 20.9. The Morgan fingerprint density at radius 2 is 2.25 bits per heavy atom. The third kappa shape index (κ3) is 2.91. The molecule has 0 bridgehead atoms. The molecule has 0 spiro atoms. The van der Waals surface area contributed by atoms with Gasteiger partial charge in [-0.05, 0) is 13.0 Å². The molecule has 0 aromatic heterocycles. The summed E-state index contributed by atoms with van der Waals surface area (Å²) in [5, 5.41) is 10.8. The van der Waals surface area contributed by atoms with Crippen molar-refractivity contribution in [2.75, 3.05) is 0 Å². The molecule has 0 aliphatic rings. The zero-order chi connectivity index (χ0) is 12.1. The monoisotopic (exact) mass is 220 g/mol. The molecular formula is C11H12N2O3. The Morgan fingerprint density at radius 3 is 2.81 bits per heavy atom. The molecule has 1 aromatic carbocycles. The average molecular weight is 220 g/mol. The largest absolute Gasteiger partial charge is 0.369 e. The number of amides is 1. The van der Waals surface area contributed by atoms with Gasteiger partial charge in [-0.3, -0.25) is 14.9 Å². The van der Waals surface area contributed by atoms with Crippen molar-refractivity contribution in [3.63, 3.8) is 0 Å². The molecule has 84 valence electrons. The number of rotatable bonds is 4. The molecule has 0 fully saturated rings. The van der Waals surface area contributed by atoms with Gasteiger partial charge in [-0.25, -0.2) is 0 Å². The smallest absolute Gasteiger partial charge is 0.279 e. The molecule has 5 heteroatoms. The molecule has 1 rings (SSSR count). The predicted octanol–water partition coefficient (Wildman–Crippen LogP) is 1.79. The molecule has 0 aliphatic carbocycles. The summed E-state index contributed by atoms with van der Waals surface area (Å²) in [6.07, 6.45) is 3.13. The highest BCUT2D eigenvalue weighted by atomic mass is 16.6. The number of nitro benzene ring substituents is 1. The first kappa shape index (κ1) is 11.9. The maximum Gasteiger partial charge on any atom is 0.279 e. The van der Waals surface area contributed by atoms with Crippen LogP contribution in [0.5, 0.6) is 0 Å². The van der Waals surface area contributed by atoms with Gasteiger partial charge in [-0.1, -0.05) is 24.3 Å². The molecule has 1 aromatic rings. The van der Waals surface area contributed by atoms with Crippen LogP contribution in [0.15, 0.2) is 24.3 Å². The summed E-state index contributed by atoms with van der Waals surface area (Å²) in [5.74, 6) is -0.466. The van der Waals surface area contributed by atoms with Gasteiger partial charge in [0.2, 0.25) is 5.91 Å². The van der Waals surface area contributed by atoms with Gasteiger partial charge in [-0.15, -0.1) is 0 Å². The number of aryl methyl sites for hydroxylation is 1. The molecule has 1 amide bonds. The summed E-state index contributed by atoms with van der Waals surface area (Å²) < 4.78 is 0. The van der Waals surface area contributed by atoms with E-state index in [1.165, 1.54) is 12.2 Å². The first-order chi connectivity index (χ1) is 7.52. The SMILES string of the molecule is Cc1cccc(C=CCC(N)=O)c1[N+](=O)[O-]. The number of hydrogen-bond acceptors (Lipinski definition) is 3. The number of para-hydroxylation sites is 1. The van der Waals surface area contributed by atoms with Crippen LogP contribution in [0.4, 0.5) is 5.69 Å². The zero-order valence-corrected chi connectivity index (χ0v) is 8.84. The molecule has 0 unspecified atom stereocenters. The van der Waals surface area contributed by atoms with Crippen molar-refractivity contribution < 1.29 is 9.72 Å². The number of carbonyl (C=O) groups excluding carboxylic acids is 1. The highest BCUT2D eigenvalue weighted by Gasteiger charge is 2.14. The van der Waals surface area contributed by atoms with E-state index in [9.17, 15) is 14.9 Å². The number of nitro groups is 1. The van der Waals surface area contributed by atoms with E-state index in [4.69, 9.17) is 5.73 Å². The molecule has 0 radical (unpaired) electrons. The first-order valence-electron chi connectivity index (χ1n) is 4.71. The maximum atomic E-state index is 10.8. The highest BCUT2D eigenvalue weighted by molar-refractivity contribution is 5.77. The van der Waals surface area contributed by atoms with Gasteiger partial charge in [-0.2, -0.15) is 0 Å². The van der Waals surface area contributed by atoms with Crippen LogP contribution in [0.2, 0.25) is 0 Å². The van der Waals surface area contributed by atoms with Crippen molar-refractivity contribution in [3.05, 3.63) is 45.5 Å². The normalized spacial score (nSPS) is 10.6. The fraction of sp³-hybridized carbons (Fsp3) is 0.182. The minimum absolute atomic E-state index is 0.0585. The van der Waals surface area contributed by atoms with E-state index in [1.807, 2.05) is 0 Å². The molecule has 5 nitrogen and oxygen atoms in total. The molecule has 0 saturated carbocycles. The minimum Gasteiger partial charge on any atom is -0.369 e. The average Bonchev–Trinajstić information content (AvgIpc) is 2.16. The lowest BCUT2D eigenvalue weighted by Gasteiger charge is -2.00. The lowest BCUT2D eigenvalue weighted by atomic mass is 10.1. The van der Waals surface area contributed by atoms with Crippen LogP contribution in [0.1, 0.15) is 17.5 Å². The van der Waals surface area contributed by atoms with Crippen LogP contribution >= 0.6 is 0 Å². The maximum absolute atomic E-state index is 10.8. The van der Waals surface area contributed by atoms with Crippen LogP contribution in [-0.2, 0) is 4.79 Å². The van der Waals surface area contributed by atoms with Crippen molar-refractivity contribution >= 4 is 17.7 Å². The topological polar surface area (TPSA) is 86.2 Å². The van der Waals surface area contributed by atoms with Gasteiger partial charge in [0.05, 0.1) is 10.5 Å². The second-order valence-corrected chi connectivity index (χ2v) is 3.34. The second kappa shape index (κ2) is 5.06. The van der Waals surface area contributed by atoms with Crippen molar-refractivity contribution in [1.82, 2.24) is 0 Å². The van der Waals surface area contributed by atoms with Crippen LogP contribution < -0.4 is 5.73 Å². The number of nitrogens with zero attached hydrogens (tertiary/aromatic N) is 1. The fourth-order valence-electron chi connectivity index (χ4n) is 1.37. The van der Waals surface area contributed by atoms with Gasteiger partial charge >= 0.3 is 0 Å². The van der Waals surface area contributed by atoms with Gasteiger partial charge in [0, 0.05) is 12.0 Å². The zero-order valence-electron chi connectivity index (χ0n) is 8.84. The summed E-state index contributed by atoms with van der Waals surface area (Å²) in [6, 6.07) is 5.03. The van der Waals surface area contributed by atoms with E-state index in [2.05, 4.69) is 0 Å². The van der Waals surface area contributed by atoms with E-state index in [0.29, 0.717) is 11.1 Å². The number of hydrogen-bond donors (Lipinski definition) is 1. The highest BCUT2D eigenvalue weighted by Crippen LogP contribution is 2.24. The Bertz CT molecular complexity index is 453.